The quantitative estimate of drug-likeness (QED) is 0.442. The van der Waals surface area contributed by atoms with Gasteiger partial charge in [-0.25, -0.2) is 4.98 Å². The van der Waals surface area contributed by atoms with Crippen molar-refractivity contribution in [2.24, 2.45) is 5.92 Å². The molecule has 1 aliphatic rings. The third-order valence-corrected chi connectivity index (χ3v) is 7.88. The smallest absolute Gasteiger partial charge is 0.308 e. The van der Waals surface area contributed by atoms with Crippen molar-refractivity contribution >= 4 is 23.2 Å². The molecule has 35 heavy (non-hydrogen) atoms. The van der Waals surface area contributed by atoms with Crippen LogP contribution < -0.4 is 10.1 Å². The van der Waals surface area contributed by atoms with Crippen LogP contribution in [0.1, 0.15) is 56.9 Å². The number of carbonyl (C=O) groups excluding carboxylic acids is 2. The second kappa shape index (κ2) is 11.0. The van der Waals surface area contributed by atoms with Gasteiger partial charge in [0.25, 0.3) is 5.91 Å². The SMILES string of the molecule is COC(=O)C1CCC(NC(=O)c2c(C)sc(C)c2Cc2ccc(-c3ccnc(OC)c3)cc2)CC1. The van der Waals surface area contributed by atoms with Gasteiger partial charge in [-0.1, -0.05) is 24.3 Å². The molecule has 1 N–H and O–H groups in total. The van der Waals surface area contributed by atoms with Crippen molar-refractivity contribution in [1.29, 1.82) is 0 Å². The van der Waals surface area contributed by atoms with Gasteiger partial charge in [-0.3, -0.25) is 9.59 Å². The van der Waals surface area contributed by atoms with Crippen LogP contribution >= 0.6 is 11.3 Å². The second-order valence-corrected chi connectivity index (χ2v) is 10.5. The Balaban J connectivity index is 1.46. The molecule has 1 aliphatic carbocycles. The van der Waals surface area contributed by atoms with E-state index in [-0.39, 0.29) is 23.8 Å². The van der Waals surface area contributed by atoms with Gasteiger partial charge in [-0.15, -0.1) is 11.3 Å². The van der Waals surface area contributed by atoms with Gasteiger partial charge < -0.3 is 14.8 Å². The summed E-state index contributed by atoms with van der Waals surface area (Å²) < 4.78 is 10.1. The monoisotopic (exact) mass is 492 g/mol. The zero-order chi connectivity index (χ0) is 24.9. The summed E-state index contributed by atoms with van der Waals surface area (Å²) in [5, 5.41) is 3.23. The van der Waals surface area contributed by atoms with Gasteiger partial charge in [0.15, 0.2) is 0 Å². The van der Waals surface area contributed by atoms with Crippen molar-refractivity contribution in [2.75, 3.05) is 14.2 Å². The van der Waals surface area contributed by atoms with Gasteiger partial charge in [-0.2, -0.15) is 0 Å². The molecule has 0 aliphatic heterocycles. The van der Waals surface area contributed by atoms with E-state index in [0.29, 0.717) is 12.3 Å². The maximum Gasteiger partial charge on any atom is 0.308 e. The number of aryl methyl sites for hydroxylation is 2. The zero-order valence-electron chi connectivity index (χ0n) is 20.7. The highest BCUT2D eigenvalue weighted by molar-refractivity contribution is 7.12. The van der Waals surface area contributed by atoms with Crippen LogP contribution in [0.15, 0.2) is 42.6 Å². The number of rotatable bonds is 7. The van der Waals surface area contributed by atoms with Crippen molar-refractivity contribution in [3.8, 4) is 17.0 Å². The number of thiophene rings is 1. The van der Waals surface area contributed by atoms with Gasteiger partial charge in [0.2, 0.25) is 5.88 Å². The van der Waals surface area contributed by atoms with Crippen LogP contribution in [-0.2, 0) is 16.0 Å². The summed E-state index contributed by atoms with van der Waals surface area (Å²) in [7, 11) is 3.05. The molecule has 0 spiro atoms. The molecule has 6 nitrogen and oxygen atoms in total. The number of carbonyl (C=O) groups is 2. The lowest BCUT2D eigenvalue weighted by Crippen LogP contribution is -2.39. The number of amides is 1. The fourth-order valence-corrected chi connectivity index (χ4v) is 5.93. The summed E-state index contributed by atoms with van der Waals surface area (Å²) in [5.41, 5.74) is 5.18. The van der Waals surface area contributed by atoms with Gasteiger partial charge in [0, 0.05) is 28.1 Å². The third-order valence-electron chi connectivity index (χ3n) is 6.82. The number of ether oxygens (including phenoxy) is 2. The Bertz CT molecular complexity index is 1190. The number of methoxy groups -OCH3 is 2. The number of benzene rings is 1. The summed E-state index contributed by atoms with van der Waals surface area (Å²) >= 11 is 1.67. The zero-order valence-corrected chi connectivity index (χ0v) is 21.5. The van der Waals surface area contributed by atoms with Gasteiger partial charge in [0.1, 0.15) is 0 Å². The lowest BCUT2D eigenvalue weighted by Gasteiger charge is -2.27. The molecule has 0 atom stereocenters. The Hall–Kier alpha value is -3.19. The molecule has 4 rings (SSSR count). The predicted molar refractivity (Wildman–Crippen MR) is 138 cm³/mol. The fourth-order valence-electron chi connectivity index (χ4n) is 4.86. The Kier molecular flexibility index (Phi) is 7.86. The highest BCUT2D eigenvalue weighted by Gasteiger charge is 2.29. The first-order valence-corrected chi connectivity index (χ1v) is 12.8. The average Bonchev–Trinajstić information content (AvgIpc) is 3.16. The Morgan fingerprint density at radius 2 is 1.71 bits per heavy atom. The summed E-state index contributed by atoms with van der Waals surface area (Å²) in [6.07, 6.45) is 5.54. The Morgan fingerprint density at radius 3 is 2.37 bits per heavy atom. The van der Waals surface area contributed by atoms with Crippen LogP contribution in [0, 0.1) is 19.8 Å². The molecule has 1 saturated carbocycles. The number of aromatic nitrogens is 1. The van der Waals surface area contributed by atoms with Gasteiger partial charge >= 0.3 is 5.97 Å². The molecular weight excluding hydrogens is 460 g/mol. The van der Waals surface area contributed by atoms with E-state index in [4.69, 9.17) is 9.47 Å². The van der Waals surface area contributed by atoms with Crippen molar-refractivity contribution < 1.29 is 19.1 Å². The largest absolute Gasteiger partial charge is 0.481 e. The molecule has 0 unspecified atom stereocenters. The van der Waals surface area contributed by atoms with E-state index < -0.39 is 0 Å². The summed E-state index contributed by atoms with van der Waals surface area (Å²) in [6, 6.07) is 12.4. The maximum atomic E-state index is 13.3. The number of pyridine rings is 1. The van der Waals surface area contributed by atoms with E-state index >= 15 is 0 Å². The van der Waals surface area contributed by atoms with E-state index in [9.17, 15) is 9.59 Å². The Morgan fingerprint density at radius 1 is 1.00 bits per heavy atom. The van der Waals surface area contributed by atoms with Crippen LogP contribution in [-0.4, -0.2) is 37.1 Å². The highest BCUT2D eigenvalue weighted by Crippen LogP contribution is 2.32. The summed E-state index contributed by atoms with van der Waals surface area (Å²) in [5.74, 6) is 0.384. The maximum absolute atomic E-state index is 13.3. The normalized spacial score (nSPS) is 17.6. The summed E-state index contributed by atoms with van der Waals surface area (Å²) in [6.45, 7) is 4.10. The second-order valence-electron chi connectivity index (χ2n) is 9.07. The van der Waals surface area contributed by atoms with E-state index in [1.54, 1.807) is 24.6 Å². The minimum atomic E-state index is -0.143. The average molecular weight is 493 g/mol. The van der Waals surface area contributed by atoms with Crippen LogP contribution in [0.25, 0.3) is 11.1 Å². The van der Waals surface area contributed by atoms with E-state index in [1.165, 1.54) is 12.0 Å². The first-order chi connectivity index (χ1) is 16.9. The molecule has 1 amide bonds. The molecule has 3 aromatic rings. The number of hydrogen-bond donors (Lipinski definition) is 1. The topological polar surface area (TPSA) is 77.5 Å². The van der Waals surface area contributed by atoms with Gasteiger partial charge in [0.05, 0.1) is 25.7 Å². The molecule has 184 valence electrons. The molecule has 1 fully saturated rings. The van der Waals surface area contributed by atoms with Crippen molar-refractivity contribution in [1.82, 2.24) is 10.3 Å². The highest BCUT2D eigenvalue weighted by atomic mass is 32.1. The first kappa shape index (κ1) is 24.9. The predicted octanol–water partition coefficient (Wildman–Crippen LogP) is 5.49. The van der Waals surface area contributed by atoms with Crippen molar-refractivity contribution in [3.05, 3.63) is 69.0 Å². The standard InChI is InChI=1S/C28H32N2O4S/c1-17-24(15-19-5-7-20(8-6-19)22-13-14-29-25(16-22)33-3)26(18(2)35-17)27(31)30-23-11-9-21(10-12-23)28(32)34-4/h5-8,13-14,16,21,23H,9-12,15H2,1-4H3,(H,30,31). The molecule has 2 heterocycles. The number of hydrogen-bond acceptors (Lipinski definition) is 6. The molecule has 0 radical (unpaired) electrons. The van der Waals surface area contributed by atoms with Crippen LogP contribution in [0.3, 0.4) is 0 Å². The first-order valence-electron chi connectivity index (χ1n) is 12.0. The summed E-state index contributed by atoms with van der Waals surface area (Å²) in [4.78, 5) is 31.5. The third kappa shape index (κ3) is 5.73. The molecule has 2 aromatic heterocycles. The van der Waals surface area contributed by atoms with E-state index in [0.717, 1.165) is 58.4 Å². The van der Waals surface area contributed by atoms with Crippen molar-refractivity contribution in [2.45, 2.75) is 52.0 Å². The molecule has 0 bridgehead atoms. The minimum absolute atomic E-state index is 0.0103. The Labute approximate surface area is 210 Å². The molecule has 7 heteroatoms. The minimum Gasteiger partial charge on any atom is -0.481 e. The van der Waals surface area contributed by atoms with Crippen LogP contribution in [0.4, 0.5) is 0 Å². The van der Waals surface area contributed by atoms with Crippen molar-refractivity contribution in [3.63, 3.8) is 0 Å². The van der Waals surface area contributed by atoms with Crippen LogP contribution in [0.2, 0.25) is 0 Å². The fraction of sp³-hybridized carbons (Fsp3) is 0.393. The molecular formula is C28H32N2O4S. The lowest BCUT2D eigenvalue weighted by molar-refractivity contribution is -0.146. The lowest BCUT2D eigenvalue weighted by atomic mass is 9.86. The number of nitrogens with one attached hydrogen (secondary N) is 1. The van der Waals surface area contributed by atoms with E-state index in [2.05, 4.69) is 41.5 Å². The molecule has 0 saturated heterocycles. The molecule has 1 aromatic carbocycles. The number of esters is 1. The van der Waals surface area contributed by atoms with Gasteiger partial charge in [-0.05, 0) is 74.3 Å². The van der Waals surface area contributed by atoms with Crippen LogP contribution in [0.5, 0.6) is 5.88 Å². The number of nitrogens with zero attached hydrogens (tertiary/aromatic N) is 1. The van der Waals surface area contributed by atoms with E-state index in [1.807, 2.05) is 19.1 Å².